The van der Waals surface area contributed by atoms with Gasteiger partial charge < -0.3 is 5.32 Å². The largest absolute Gasteiger partial charge is 0.384 e. The van der Waals surface area contributed by atoms with Gasteiger partial charge in [0, 0.05) is 23.2 Å². The third kappa shape index (κ3) is 4.33. The van der Waals surface area contributed by atoms with Crippen LogP contribution in [0.5, 0.6) is 0 Å². The molecule has 0 amide bonds. The Morgan fingerprint density at radius 3 is 2.20 bits per heavy atom. The smallest absolute Gasteiger partial charge is 0.240 e. The second kappa shape index (κ2) is 6.88. The molecule has 6 heteroatoms. The van der Waals surface area contributed by atoms with Gasteiger partial charge in [-0.05, 0) is 36.4 Å². The van der Waals surface area contributed by atoms with Gasteiger partial charge in [0.15, 0.2) is 0 Å². The van der Waals surface area contributed by atoms with Gasteiger partial charge in [-0.25, -0.2) is 13.1 Å². The van der Waals surface area contributed by atoms with Crippen molar-refractivity contribution in [2.75, 3.05) is 18.4 Å². The second-order valence-corrected chi connectivity index (χ2v) is 6.83. The summed E-state index contributed by atoms with van der Waals surface area (Å²) in [6, 6.07) is 16.2. The molecular formula is C14H15BrN2O2S. The number of rotatable bonds is 6. The number of benzene rings is 2. The fourth-order valence-electron chi connectivity index (χ4n) is 1.65. The quantitative estimate of drug-likeness (QED) is 0.784. The molecule has 0 unspecified atom stereocenters. The number of anilines is 1. The van der Waals surface area contributed by atoms with Gasteiger partial charge in [-0.2, -0.15) is 0 Å². The highest BCUT2D eigenvalue weighted by atomic mass is 79.9. The molecule has 0 saturated carbocycles. The monoisotopic (exact) mass is 354 g/mol. The van der Waals surface area contributed by atoms with Crippen LogP contribution in [0.3, 0.4) is 0 Å². The van der Waals surface area contributed by atoms with Crippen molar-refractivity contribution in [1.29, 1.82) is 0 Å². The maximum atomic E-state index is 12.0. The third-order valence-electron chi connectivity index (χ3n) is 2.64. The van der Waals surface area contributed by atoms with Crippen molar-refractivity contribution in [2.45, 2.75) is 4.90 Å². The molecule has 0 aromatic heterocycles. The highest BCUT2D eigenvalue weighted by Crippen LogP contribution is 2.14. The molecule has 0 radical (unpaired) electrons. The number of hydrogen-bond donors (Lipinski definition) is 2. The fraction of sp³-hybridized carbons (Fsp3) is 0.143. The molecule has 0 bridgehead atoms. The van der Waals surface area contributed by atoms with E-state index in [0.717, 1.165) is 10.2 Å². The van der Waals surface area contributed by atoms with Gasteiger partial charge in [-0.3, -0.25) is 0 Å². The number of nitrogens with one attached hydrogen (secondary N) is 2. The summed E-state index contributed by atoms with van der Waals surface area (Å²) in [7, 11) is -3.44. The minimum atomic E-state index is -3.44. The van der Waals surface area contributed by atoms with Crippen molar-refractivity contribution >= 4 is 31.6 Å². The predicted molar refractivity (Wildman–Crippen MR) is 84.3 cm³/mol. The molecule has 0 heterocycles. The molecule has 20 heavy (non-hydrogen) atoms. The minimum Gasteiger partial charge on any atom is -0.384 e. The van der Waals surface area contributed by atoms with E-state index in [1.807, 2.05) is 30.3 Å². The Bertz CT molecular complexity index is 643. The van der Waals surface area contributed by atoms with E-state index in [4.69, 9.17) is 0 Å². The summed E-state index contributed by atoms with van der Waals surface area (Å²) in [6.07, 6.45) is 0. The zero-order chi connectivity index (χ0) is 14.4. The second-order valence-electron chi connectivity index (χ2n) is 4.14. The summed E-state index contributed by atoms with van der Waals surface area (Å²) in [5.41, 5.74) is 0.968. The topological polar surface area (TPSA) is 58.2 Å². The van der Waals surface area contributed by atoms with Crippen molar-refractivity contribution < 1.29 is 8.42 Å². The van der Waals surface area contributed by atoms with Crippen LogP contribution in [0.15, 0.2) is 64.0 Å². The average Bonchev–Trinajstić information content (AvgIpc) is 2.45. The first-order valence-corrected chi connectivity index (χ1v) is 8.40. The Morgan fingerprint density at radius 2 is 1.55 bits per heavy atom. The Hall–Kier alpha value is -1.37. The maximum absolute atomic E-state index is 12.0. The lowest BCUT2D eigenvalue weighted by Crippen LogP contribution is -2.28. The molecule has 0 aliphatic rings. The Labute approximate surface area is 127 Å². The maximum Gasteiger partial charge on any atom is 0.240 e. The molecule has 2 aromatic carbocycles. The normalized spacial score (nSPS) is 11.2. The van der Waals surface area contributed by atoms with Crippen LogP contribution in [0, 0.1) is 0 Å². The molecular weight excluding hydrogens is 340 g/mol. The van der Waals surface area contributed by atoms with Crippen LogP contribution >= 0.6 is 15.9 Å². The van der Waals surface area contributed by atoms with Crippen LogP contribution in [-0.2, 0) is 10.0 Å². The zero-order valence-corrected chi connectivity index (χ0v) is 13.1. The van der Waals surface area contributed by atoms with Crippen LogP contribution in [0.1, 0.15) is 0 Å². The van der Waals surface area contributed by atoms with Crippen LogP contribution in [-0.4, -0.2) is 21.5 Å². The van der Waals surface area contributed by atoms with E-state index in [9.17, 15) is 8.42 Å². The van der Waals surface area contributed by atoms with Crippen molar-refractivity contribution in [3.05, 3.63) is 59.1 Å². The summed E-state index contributed by atoms with van der Waals surface area (Å²) in [5, 5.41) is 3.14. The van der Waals surface area contributed by atoms with Crippen molar-refractivity contribution in [3.8, 4) is 0 Å². The summed E-state index contributed by atoms with van der Waals surface area (Å²) >= 11 is 3.28. The first kappa shape index (κ1) is 15.0. The average molecular weight is 355 g/mol. The summed E-state index contributed by atoms with van der Waals surface area (Å²) in [5.74, 6) is 0. The van der Waals surface area contributed by atoms with Crippen molar-refractivity contribution in [2.24, 2.45) is 0 Å². The molecule has 2 rings (SSSR count). The van der Waals surface area contributed by atoms with E-state index in [1.54, 1.807) is 24.3 Å². The van der Waals surface area contributed by atoms with E-state index in [1.165, 1.54) is 0 Å². The van der Waals surface area contributed by atoms with E-state index < -0.39 is 10.0 Å². The molecule has 0 aliphatic heterocycles. The first-order valence-electron chi connectivity index (χ1n) is 6.12. The van der Waals surface area contributed by atoms with Gasteiger partial charge in [0.05, 0.1) is 4.90 Å². The molecule has 0 atom stereocenters. The summed E-state index contributed by atoms with van der Waals surface area (Å²) in [4.78, 5) is 0.264. The van der Waals surface area contributed by atoms with Crippen LogP contribution in [0.25, 0.3) is 0 Å². The molecule has 0 saturated heterocycles. The van der Waals surface area contributed by atoms with Gasteiger partial charge in [-0.1, -0.05) is 34.1 Å². The lowest BCUT2D eigenvalue weighted by molar-refractivity contribution is 0.583. The van der Waals surface area contributed by atoms with E-state index >= 15 is 0 Å². The van der Waals surface area contributed by atoms with Gasteiger partial charge in [0.25, 0.3) is 0 Å². The van der Waals surface area contributed by atoms with Crippen molar-refractivity contribution in [1.82, 2.24) is 4.72 Å². The highest BCUT2D eigenvalue weighted by Gasteiger charge is 2.12. The first-order chi connectivity index (χ1) is 9.58. The lowest BCUT2D eigenvalue weighted by Gasteiger charge is -2.08. The van der Waals surface area contributed by atoms with Gasteiger partial charge in [-0.15, -0.1) is 0 Å². The Balaban J connectivity index is 1.85. The van der Waals surface area contributed by atoms with E-state index in [2.05, 4.69) is 26.0 Å². The van der Waals surface area contributed by atoms with Crippen LogP contribution < -0.4 is 10.0 Å². The number of sulfonamides is 1. The Kier molecular flexibility index (Phi) is 5.17. The standard InChI is InChI=1S/C14H15BrN2O2S/c15-12-6-8-14(9-7-12)20(18,19)17-11-10-16-13-4-2-1-3-5-13/h1-9,16-17H,10-11H2. The number of hydrogen-bond acceptors (Lipinski definition) is 3. The third-order valence-corrected chi connectivity index (χ3v) is 4.65. The molecule has 2 N–H and O–H groups in total. The molecule has 106 valence electrons. The van der Waals surface area contributed by atoms with Crippen molar-refractivity contribution in [3.63, 3.8) is 0 Å². The summed E-state index contributed by atoms with van der Waals surface area (Å²) in [6.45, 7) is 0.854. The molecule has 0 aliphatic carbocycles. The molecule has 4 nitrogen and oxygen atoms in total. The number of para-hydroxylation sites is 1. The van der Waals surface area contributed by atoms with Gasteiger partial charge >= 0.3 is 0 Å². The van der Waals surface area contributed by atoms with Gasteiger partial charge in [0.1, 0.15) is 0 Å². The molecule has 2 aromatic rings. The molecule has 0 fully saturated rings. The fourth-order valence-corrected chi connectivity index (χ4v) is 2.94. The minimum absolute atomic E-state index is 0.264. The highest BCUT2D eigenvalue weighted by molar-refractivity contribution is 9.10. The summed E-state index contributed by atoms with van der Waals surface area (Å²) < 4.78 is 27.4. The van der Waals surface area contributed by atoms with Crippen LogP contribution in [0.2, 0.25) is 0 Å². The lowest BCUT2D eigenvalue weighted by atomic mass is 10.3. The predicted octanol–water partition coefficient (Wildman–Crippen LogP) is 2.84. The zero-order valence-electron chi connectivity index (χ0n) is 10.7. The van der Waals surface area contributed by atoms with Gasteiger partial charge in [0.2, 0.25) is 10.0 Å². The molecule has 0 spiro atoms. The Morgan fingerprint density at radius 1 is 0.900 bits per heavy atom. The SMILES string of the molecule is O=S(=O)(NCCNc1ccccc1)c1ccc(Br)cc1. The number of halogens is 1. The van der Waals surface area contributed by atoms with E-state index in [0.29, 0.717) is 13.1 Å². The van der Waals surface area contributed by atoms with E-state index in [-0.39, 0.29) is 4.90 Å². The van der Waals surface area contributed by atoms with Crippen LogP contribution in [0.4, 0.5) is 5.69 Å².